The second-order valence-electron chi connectivity index (χ2n) is 2.22. The van der Waals surface area contributed by atoms with Crippen molar-refractivity contribution >= 4 is 10.0 Å². The Hall–Kier alpha value is -1.01. The van der Waals surface area contributed by atoms with Crippen molar-refractivity contribution in [2.45, 2.75) is 4.90 Å². The fraction of sp³-hybridized carbons (Fsp3) is 0. The third-order valence-electron chi connectivity index (χ3n) is 1.37. The van der Waals surface area contributed by atoms with Crippen molar-refractivity contribution in [3.63, 3.8) is 0 Å². The predicted octanol–water partition coefficient (Wildman–Crippen LogP) is 1.03. The van der Waals surface area contributed by atoms with Crippen LogP contribution in [0.15, 0.2) is 23.1 Å². The summed E-state index contributed by atoms with van der Waals surface area (Å²) in [5.74, 6) is -1.98. The first-order valence-corrected chi connectivity index (χ1v) is 4.69. The van der Waals surface area contributed by atoms with E-state index in [1.807, 2.05) is 0 Å². The summed E-state index contributed by atoms with van der Waals surface area (Å²) in [7, 11) is -1.05. The predicted molar refractivity (Wildman–Crippen MR) is 42.0 cm³/mol. The van der Waals surface area contributed by atoms with Crippen molar-refractivity contribution in [2.24, 2.45) is 0 Å². The minimum absolute atomic E-state index is 0.490. The fourth-order valence-electron chi connectivity index (χ4n) is 0.771. The highest BCUT2D eigenvalue weighted by Crippen LogP contribution is 2.14. The second-order valence-corrected chi connectivity index (χ2v) is 3.96. The van der Waals surface area contributed by atoms with Crippen LogP contribution in [0, 0.1) is 18.7 Å². The summed E-state index contributed by atoms with van der Waals surface area (Å²) in [6.07, 6.45) is 0. The number of halogens is 2. The Morgan fingerprint density at radius 1 is 1.31 bits per heavy atom. The largest absolute Gasteiger partial charge is 0.243 e. The molecule has 71 valence electrons. The fourth-order valence-corrected chi connectivity index (χ4v) is 1.49. The maximum Gasteiger partial charge on any atom is 0.243 e. The minimum atomic E-state index is -3.95. The number of hydrogen-bond donors (Lipinski definition) is 1. The Bertz CT molecular complexity index is 417. The van der Waals surface area contributed by atoms with Gasteiger partial charge in [-0.15, -0.1) is 0 Å². The van der Waals surface area contributed by atoms with Crippen LogP contribution in [0.4, 0.5) is 8.78 Å². The zero-order chi connectivity index (χ0) is 10.1. The standard InChI is InChI=1S/C7H6F2NO2S/c1-10-13(11,12)7-3-2-5(8)4-6(7)9/h2-4,10H,1H2. The van der Waals surface area contributed by atoms with Crippen LogP contribution in [0.1, 0.15) is 0 Å². The lowest BCUT2D eigenvalue weighted by atomic mass is 10.3. The van der Waals surface area contributed by atoms with Gasteiger partial charge in [-0.05, 0) is 12.1 Å². The average molecular weight is 206 g/mol. The van der Waals surface area contributed by atoms with E-state index in [0.717, 1.165) is 12.1 Å². The van der Waals surface area contributed by atoms with Crippen LogP contribution in [-0.2, 0) is 10.0 Å². The van der Waals surface area contributed by atoms with Gasteiger partial charge in [0, 0.05) is 13.1 Å². The molecule has 0 amide bonds. The topological polar surface area (TPSA) is 46.2 Å². The van der Waals surface area contributed by atoms with Gasteiger partial charge in [-0.2, -0.15) is 0 Å². The summed E-state index contributed by atoms with van der Waals surface area (Å²) in [5, 5.41) is 0. The number of hydrogen-bond acceptors (Lipinski definition) is 2. The minimum Gasteiger partial charge on any atom is -0.210 e. The SMILES string of the molecule is [CH2]NS(=O)(=O)c1ccc(F)cc1F. The lowest BCUT2D eigenvalue weighted by molar-refractivity contribution is 0.547. The van der Waals surface area contributed by atoms with E-state index < -0.39 is 26.6 Å². The molecule has 0 aliphatic carbocycles. The smallest absolute Gasteiger partial charge is 0.210 e. The van der Waals surface area contributed by atoms with E-state index in [0.29, 0.717) is 6.07 Å². The first-order chi connectivity index (χ1) is 5.97. The lowest BCUT2D eigenvalue weighted by Gasteiger charge is -2.02. The second kappa shape index (κ2) is 3.39. The molecule has 6 heteroatoms. The van der Waals surface area contributed by atoms with Crippen molar-refractivity contribution < 1.29 is 17.2 Å². The Kier molecular flexibility index (Phi) is 2.63. The molecule has 1 rings (SSSR count). The molecule has 0 aromatic heterocycles. The highest BCUT2D eigenvalue weighted by molar-refractivity contribution is 7.89. The summed E-state index contributed by atoms with van der Waals surface area (Å²) >= 11 is 0. The maximum absolute atomic E-state index is 12.8. The van der Waals surface area contributed by atoms with Crippen LogP contribution in [-0.4, -0.2) is 8.42 Å². The van der Waals surface area contributed by atoms with Gasteiger partial charge < -0.3 is 0 Å². The molecule has 0 spiro atoms. The number of rotatable bonds is 2. The average Bonchev–Trinajstić information content (AvgIpc) is 2.03. The molecule has 3 nitrogen and oxygen atoms in total. The van der Waals surface area contributed by atoms with Gasteiger partial charge in [0.05, 0.1) is 0 Å². The zero-order valence-electron chi connectivity index (χ0n) is 6.42. The molecule has 0 unspecified atom stereocenters. The van der Waals surface area contributed by atoms with Crippen molar-refractivity contribution in [2.75, 3.05) is 0 Å². The van der Waals surface area contributed by atoms with E-state index in [-0.39, 0.29) is 0 Å². The van der Waals surface area contributed by atoms with Gasteiger partial charge in [0.15, 0.2) is 0 Å². The third kappa shape index (κ3) is 2.02. The van der Waals surface area contributed by atoms with Crippen molar-refractivity contribution in [1.82, 2.24) is 4.72 Å². The van der Waals surface area contributed by atoms with Crippen LogP contribution < -0.4 is 4.72 Å². The Morgan fingerprint density at radius 3 is 2.38 bits per heavy atom. The van der Waals surface area contributed by atoms with Crippen LogP contribution >= 0.6 is 0 Å². The summed E-state index contributed by atoms with van der Waals surface area (Å²) < 4.78 is 48.9. The molecule has 1 aromatic rings. The molecule has 1 radical (unpaired) electrons. The Morgan fingerprint density at radius 2 is 1.92 bits per heavy atom. The van der Waals surface area contributed by atoms with E-state index in [2.05, 4.69) is 7.05 Å². The van der Waals surface area contributed by atoms with E-state index in [9.17, 15) is 17.2 Å². The molecule has 0 saturated heterocycles. The molecule has 0 aliphatic rings. The van der Waals surface area contributed by atoms with Crippen molar-refractivity contribution in [3.05, 3.63) is 36.9 Å². The van der Waals surface area contributed by atoms with Gasteiger partial charge in [-0.3, -0.25) is 0 Å². The summed E-state index contributed by atoms with van der Waals surface area (Å²) in [6.45, 7) is 0. The molecular formula is C7H6F2NO2S. The van der Waals surface area contributed by atoms with Crippen LogP contribution in [0.2, 0.25) is 0 Å². The molecule has 0 atom stereocenters. The summed E-state index contributed by atoms with van der Waals surface area (Å²) in [4.78, 5) is -0.621. The van der Waals surface area contributed by atoms with E-state index >= 15 is 0 Å². The summed E-state index contributed by atoms with van der Waals surface area (Å²) in [6, 6.07) is 2.18. The molecule has 0 bridgehead atoms. The highest BCUT2D eigenvalue weighted by Gasteiger charge is 2.16. The Labute approximate surface area is 74.4 Å². The van der Waals surface area contributed by atoms with Gasteiger partial charge in [0.25, 0.3) is 0 Å². The first-order valence-electron chi connectivity index (χ1n) is 3.21. The molecule has 0 fully saturated rings. The molecule has 1 N–H and O–H groups in total. The molecular weight excluding hydrogens is 200 g/mol. The quantitative estimate of drug-likeness (QED) is 0.785. The normalized spacial score (nSPS) is 11.6. The van der Waals surface area contributed by atoms with Gasteiger partial charge in [0.1, 0.15) is 16.5 Å². The van der Waals surface area contributed by atoms with Crippen molar-refractivity contribution in [1.29, 1.82) is 0 Å². The summed E-state index contributed by atoms with van der Waals surface area (Å²) in [5.41, 5.74) is 0. The van der Waals surface area contributed by atoms with E-state index in [1.54, 1.807) is 4.72 Å². The number of benzene rings is 1. The number of sulfonamides is 1. The first kappa shape index (κ1) is 10.1. The molecule has 0 saturated carbocycles. The number of nitrogens with one attached hydrogen (secondary N) is 1. The maximum atomic E-state index is 12.8. The molecule has 0 heterocycles. The molecule has 0 aliphatic heterocycles. The van der Waals surface area contributed by atoms with Gasteiger partial charge in [-0.1, -0.05) is 0 Å². The van der Waals surface area contributed by atoms with E-state index in [4.69, 9.17) is 0 Å². The highest BCUT2D eigenvalue weighted by atomic mass is 32.2. The van der Waals surface area contributed by atoms with E-state index in [1.165, 1.54) is 0 Å². The van der Waals surface area contributed by atoms with Gasteiger partial charge in [0.2, 0.25) is 10.0 Å². The molecule has 1 aromatic carbocycles. The monoisotopic (exact) mass is 206 g/mol. The lowest BCUT2D eigenvalue weighted by Crippen LogP contribution is -2.17. The van der Waals surface area contributed by atoms with Crippen LogP contribution in [0.3, 0.4) is 0 Å². The van der Waals surface area contributed by atoms with Crippen LogP contribution in [0.25, 0.3) is 0 Å². The third-order valence-corrected chi connectivity index (χ3v) is 2.66. The van der Waals surface area contributed by atoms with Crippen molar-refractivity contribution in [3.8, 4) is 0 Å². The van der Waals surface area contributed by atoms with Crippen LogP contribution in [0.5, 0.6) is 0 Å². The Balaban J connectivity index is 3.33. The van der Waals surface area contributed by atoms with Gasteiger partial charge in [-0.25, -0.2) is 21.9 Å². The zero-order valence-corrected chi connectivity index (χ0v) is 7.24. The molecule has 13 heavy (non-hydrogen) atoms. The van der Waals surface area contributed by atoms with Gasteiger partial charge >= 0.3 is 0 Å².